The van der Waals surface area contributed by atoms with Crippen LogP contribution in [0.4, 0.5) is 13.2 Å². The van der Waals surface area contributed by atoms with Crippen LogP contribution in [-0.4, -0.2) is 19.0 Å². The molecule has 1 saturated carbocycles. The van der Waals surface area contributed by atoms with Gasteiger partial charge in [0.05, 0.1) is 5.56 Å². The average molecular weight is 300 g/mol. The monoisotopic (exact) mass is 300 g/mol. The molecule has 2 rings (SSSR count). The summed E-state index contributed by atoms with van der Waals surface area (Å²) in [5.41, 5.74) is 5.29. The number of carbonyl (C=O) groups excluding carboxylic acids is 1. The lowest BCUT2D eigenvalue weighted by molar-refractivity contribution is -0.137. The molecule has 1 aromatic carbocycles. The van der Waals surface area contributed by atoms with Crippen molar-refractivity contribution in [2.24, 2.45) is 11.7 Å². The maximum atomic E-state index is 12.7. The summed E-state index contributed by atoms with van der Waals surface area (Å²) in [6.45, 7) is 1.16. The van der Waals surface area contributed by atoms with Gasteiger partial charge in [-0.1, -0.05) is 18.2 Å². The van der Waals surface area contributed by atoms with E-state index in [1.54, 1.807) is 6.07 Å². The fraction of sp³-hybridized carbons (Fsp3) is 0.533. The Morgan fingerprint density at radius 2 is 2.10 bits per heavy atom. The zero-order chi connectivity index (χ0) is 15.5. The van der Waals surface area contributed by atoms with Crippen LogP contribution in [0.1, 0.15) is 36.3 Å². The molecule has 2 unspecified atom stereocenters. The zero-order valence-electron chi connectivity index (χ0n) is 11.6. The van der Waals surface area contributed by atoms with Crippen LogP contribution in [0.3, 0.4) is 0 Å². The number of nitrogens with one attached hydrogen (secondary N) is 1. The topological polar surface area (TPSA) is 55.1 Å². The van der Waals surface area contributed by atoms with Gasteiger partial charge in [0.15, 0.2) is 0 Å². The summed E-state index contributed by atoms with van der Waals surface area (Å²) in [6.07, 6.45) is -2.06. The number of rotatable bonds is 6. The van der Waals surface area contributed by atoms with Crippen molar-refractivity contribution < 1.29 is 18.0 Å². The van der Waals surface area contributed by atoms with Gasteiger partial charge in [-0.05, 0) is 43.4 Å². The molecule has 3 nitrogen and oxygen atoms in total. The summed E-state index contributed by atoms with van der Waals surface area (Å²) in [5, 5.41) is 2.81. The number of benzene rings is 1. The SMILES string of the molecule is NCCCCNC(=O)C1CC1c1cccc(C(F)(F)F)c1. The lowest BCUT2D eigenvalue weighted by atomic mass is 10.1. The van der Waals surface area contributed by atoms with Crippen molar-refractivity contribution in [3.8, 4) is 0 Å². The predicted molar refractivity (Wildman–Crippen MR) is 73.6 cm³/mol. The summed E-state index contributed by atoms with van der Waals surface area (Å²) in [4.78, 5) is 11.9. The molecule has 0 heterocycles. The van der Waals surface area contributed by atoms with E-state index in [4.69, 9.17) is 5.73 Å². The molecule has 21 heavy (non-hydrogen) atoms. The lowest BCUT2D eigenvalue weighted by Gasteiger charge is -2.08. The molecule has 0 radical (unpaired) electrons. The normalized spacial score (nSPS) is 21.1. The van der Waals surface area contributed by atoms with Crippen LogP contribution in [-0.2, 0) is 11.0 Å². The first kappa shape index (κ1) is 15.8. The van der Waals surface area contributed by atoms with Crippen LogP contribution in [0.15, 0.2) is 24.3 Å². The number of amides is 1. The van der Waals surface area contributed by atoms with E-state index in [9.17, 15) is 18.0 Å². The Morgan fingerprint density at radius 1 is 1.33 bits per heavy atom. The van der Waals surface area contributed by atoms with E-state index in [0.717, 1.165) is 25.0 Å². The molecule has 116 valence electrons. The summed E-state index contributed by atoms with van der Waals surface area (Å²) < 4.78 is 38.0. The molecule has 2 atom stereocenters. The molecule has 0 bridgehead atoms. The van der Waals surface area contributed by atoms with Crippen LogP contribution < -0.4 is 11.1 Å². The first-order valence-corrected chi connectivity index (χ1v) is 7.08. The minimum absolute atomic E-state index is 0.0746. The van der Waals surface area contributed by atoms with Gasteiger partial charge in [-0.15, -0.1) is 0 Å². The third kappa shape index (κ3) is 4.20. The molecule has 3 N–H and O–H groups in total. The Hall–Kier alpha value is -1.56. The Morgan fingerprint density at radius 3 is 2.76 bits per heavy atom. The first-order valence-electron chi connectivity index (χ1n) is 7.08. The van der Waals surface area contributed by atoms with Gasteiger partial charge in [0.1, 0.15) is 0 Å². The maximum Gasteiger partial charge on any atom is 0.416 e. The average Bonchev–Trinajstić information content (AvgIpc) is 3.23. The van der Waals surface area contributed by atoms with Crippen LogP contribution >= 0.6 is 0 Å². The second kappa shape index (κ2) is 6.47. The van der Waals surface area contributed by atoms with E-state index in [1.165, 1.54) is 6.07 Å². The summed E-state index contributed by atoms with van der Waals surface area (Å²) >= 11 is 0. The first-order chi connectivity index (χ1) is 9.93. The van der Waals surface area contributed by atoms with Gasteiger partial charge < -0.3 is 11.1 Å². The quantitative estimate of drug-likeness (QED) is 0.794. The number of alkyl halides is 3. The van der Waals surface area contributed by atoms with Crippen LogP contribution in [0.2, 0.25) is 0 Å². The number of hydrogen-bond acceptors (Lipinski definition) is 2. The van der Waals surface area contributed by atoms with Crippen molar-refractivity contribution in [3.63, 3.8) is 0 Å². The second-order valence-corrected chi connectivity index (χ2v) is 5.36. The van der Waals surface area contributed by atoms with Crippen molar-refractivity contribution in [3.05, 3.63) is 35.4 Å². The minimum Gasteiger partial charge on any atom is -0.356 e. The molecule has 6 heteroatoms. The number of halogens is 3. The van der Waals surface area contributed by atoms with Gasteiger partial charge in [0, 0.05) is 12.5 Å². The summed E-state index contributed by atoms with van der Waals surface area (Å²) in [7, 11) is 0. The van der Waals surface area contributed by atoms with Crippen LogP contribution in [0.5, 0.6) is 0 Å². The van der Waals surface area contributed by atoms with Crippen molar-refractivity contribution in [2.75, 3.05) is 13.1 Å². The van der Waals surface area contributed by atoms with E-state index in [2.05, 4.69) is 5.32 Å². The number of nitrogens with two attached hydrogens (primary N) is 1. The lowest BCUT2D eigenvalue weighted by Crippen LogP contribution is -2.26. The van der Waals surface area contributed by atoms with E-state index >= 15 is 0 Å². The van der Waals surface area contributed by atoms with Gasteiger partial charge in [0.2, 0.25) is 5.91 Å². The highest BCUT2D eigenvalue weighted by molar-refractivity contribution is 5.82. The van der Waals surface area contributed by atoms with E-state index in [-0.39, 0.29) is 17.7 Å². The Labute approximate surface area is 121 Å². The fourth-order valence-electron chi connectivity index (χ4n) is 2.41. The number of carbonyl (C=O) groups is 1. The van der Waals surface area contributed by atoms with E-state index in [0.29, 0.717) is 25.1 Å². The Kier molecular flexibility index (Phi) is 4.88. The van der Waals surface area contributed by atoms with Crippen LogP contribution in [0, 0.1) is 5.92 Å². The Balaban J connectivity index is 1.89. The van der Waals surface area contributed by atoms with Crippen molar-refractivity contribution in [1.82, 2.24) is 5.32 Å². The fourth-order valence-corrected chi connectivity index (χ4v) is 2.41. The van der Waals surface area contributed by atoms with Gasteiger partial charge in [-0.3, -0.25) is 4.79 Å². The van der Waals surface area contributed by atoms with Crippen LogP contribution in [0.25, 0.3) is 0 Å². The molecule has 1 aliphatic carbocycles. The molecule has 1 aliphatic rings. The third-order valence-corrected chi connectivity index (χ3v) is 3.70. The van der Waals surface area contributed by atoms with Gasteiger partial charge >= 0.3 is 6.18 Å². The highest BCUT2D eigenvalue weighted by Crippen LogP contribution is 2.48. The zero-order valence-corrected chi connectivity index (χ0v) is 11.6. The minimum atomic E-state index is -4.34. The predicted octanol–water partition coefficient (Wildman–Crippen LogP) is 2.66. The number of hydrogen-bond donors (Lipinski definition) is 2. The number of unbranched alkanes of at least 4 members (excludes halogenated alkanes) is 1. The van der Waals surface area contributed by atoms with E-state index in [1.807, 2.05) is 0 Å². The van der Waals surface area contributed by atoms with Crippen molar-refractivity contribution >= 4 is 5.91 Å². The largest absolute Gasteiger partial charge is 0.416 e. The molecular weight excluding hydrogens is 281 g/mol. The molecule has 0 aromatic heterocycles. The van der Waals surface area contributed by atoms with Crippen molar-refractivity contribution in [2.45, 2.75) is 31.4 Å². The van der Waals surface area contributed by atoms with Gasteiger partial charge in [0.25, 0.3) is 0 Å². The maximum absolute atomic E-state index is 12.7. The van der Waals surface area contributed by atoms with Gasteiger partial charge in [-0.25, -0.2) is 0 Å². The molecule has 0 aliphatic heterocycles. The molecular formula is C15H19F3N2O. The Bertz CT molecular complexity index is 502. The second-order valence-electron chi connectivity index (χ2n) is 5.36. The molecule has 0 spiro atoms. The standard InChI is InChI=1S/C15H19F3N2O/c16-15(17,18)11-5-3-4-10(8-11)12-9-13(12)14(21)20-7-2-1-6-19/h3-5,8,12-13H,1-2,6-7,9,19H2,(H,20,21). The van der Waals surface area contributed by atoms with Crippen molar-refractivity contribution in [1.29, 1.82) is 0 Å². The highest BCUT2D eigenvalue weighted by atomic mass is 19.4. The summed E-state index contributed by atoms with van der Waals surface area (Å²) in [6, 6.07) is 5.24. The van der Waals surface area contributed by atoms with E-state index < -0.39 is 11.7 Å². The third-order valence-electron chi connectivity index (χ3n) is 3.70. The molecule has 1 amide bonds. The smallest absolute Gasteiger partial charge is 0.356 e. The molecule has 1 aromatic rings. The molecule has 0 saturated heterocycles. The van der Waals surface area contributed by atoms with Gasteiger partial charge in [-0.2, -0.15) is 13.2 Å². The highest BCUT2D eigenvalue weighted by Gasteiger charge is 2.44. The molecule has 1 fully saturated rings. The summed E-state index contributed by atoms with van der Waals surface area (Å²) in [5.74, 6) is -0.373.